The number of nitrogens with zero attached hydrogens (tertiary/aromatic N) is 1. The summed E-state index contributed by atoms with van der Waals surface area (Å²) in [5.74, 6) is 0.397. The van der Waals surface area contributed by atoms with Gasteiger partial charge in [-0.2, -0.15) is 0 Å². The van der Waals surface area contributed by atoms with Crippen molar-refractivity contribution >= 4 is 0 Å². The third-order valence-corrected chi connectivity index (χ3v) is 3.68. The van der Waals surface area contributed by atoms with E-state index in [0.717, 1.165) is 31.6 Å². The lowest BCUT2D eigenvalue weighted by atomic mass is 10.0. The molecule has 2 heteroatoms. The van der Waals surface area contributed by atoms with Crippen LogP contribution in [0.4, 0.5) is 0 Å². The van der Waals surface area contributed by atoms with Crippen LogP contribution in [0.3, 0.4) is 0 Å². The van der Waals surface area contributed by atoms with Gasteiger partial charge in [-0.15, -0.1) is 0 Å². The highest BCUT2D eigenvalue weighted by atomic mass is 16.3. The summed E-state index contributed by atoms with van der Waals surface area (Å²) in [5.41, 5.74) is 3.56. The molecule has 0 atom stereocenters. The maximum atomic E-state index is 10.0. The largest absolute Gasteiger partial charge is 0.508 e. The molecule has 2 aromatic carbocycles. The van der Waals surface area contributed by atoms with Gasteiger partial charge in [0.1, 0.15) is 5.75 Å². The second kappa shape index (κ2) is 7.11. The highest BCUT2D eigenvalue weighted by molar-refractivity contribution is 5.38. The fraction of sp³-hybridized carbons (Fsp3) is 0.333. The van der Waals surface area contributed by atoms with Crippen LogP contribution in [0.5, 0.6) is 5.75 Å². The normalized spacial score (nSPS) is 10.9. The van der Waals surface area contributed by atoms with Gasteiger partial charge in [0, 0.05) is 12.1 Å². The van der Waals surface area contributed by atoms with E-state index in [1.54, 1.807) is 0 Å². The van der Waals surface area contributed by atoms with Gasteiger partial charge in [-0.3, -0.25) is 4.90 Å². The van der Waals surface area contributed by atoms with Gasteiger partial charge >= 0.3 is 0 Å². The zero-order valence-corrected chi connectivity index (χ0v) is 12.3. The molecule has 0 aromatic heterocycles. The number of rotatable bonds is 6. The van der Waals surface area contributed by atoms with Gasteiger partial charge in [0.25, 0.3) is 0 Å². The fourth-order valence-corrected chi connectivity index (χ4v) is 2.40. The number of phenolic OH excluding ortho intramolecular Hbond substituents is 1. The zero-order valence-electron chi connectivity index (χ0n) is 12.3. The Bertz CT molecular complexity index is 532. The van der Waals surface area contributed by atoms with Crippen molar-refractivity contribution in [1.82, 2.24) is 4.90 Å². The van der Waals surface area contributed by atoms with Crippen LogP contribution in [0.25, 0.3) is 0 Å². The summed E-state index contributed by atoms with van der Waals surface area (Å²) in [6.07, 6.45) is 0.909. The summed E-state index contributed by atoms with van der Waals surface area (Å²) >= 11 is 0. The molecule has 0 bridgehead atoms. The lowest BCUT2D eigenvalue weighted by Gasteiger charge is -2.19. The minimum absolute atomic E-state index is 0.397. The van der Waals surface area contributed by atoms with Gasteiger partial charge in [0.05, 0.1) is 0 Å². The van der Waals surface area contributed by atoms with Gasteiger partial charge in [-0.05, 0) is 36.7 Å². The third kappa shape index (κ3) is 3.84. The molecular weight excluding hydrogens is 246 g/mol. The molecule has 0 fully saturated rings. The Hall–Kier alpha value is -1.80. The Balaban J connectivity index is 2.16. The maximum absolute atomic E-state index is 10.0. The maximum Gasteiger partial charge on any atom is 0.120 e. The van der Waals surface area contributed by atoms with Crippen LogP contribution >= 0.6 is 0 Å². The molecule has 0 amide bonds. The summed E-state index contributed by atoms with van der Waals surface area (Å²) in [5, 5.41) is 10.0. The second-order valence-electron chi connectivity index (χ2n) is 5.09. The van der Waals surface area contributed by atoms with E-state index in [-0.39, 0.29) is 0 Å². The Labute approximate surface area is 121 Å². The Morgan fingerprint density at radius 3 is 2.25 bits per heavy atom. The van der Waals surface area contributed by atoms with Crippen LogP contribution < -0.4 is 0 Å². The average Bonchev–Trinajstić information content (AvgIpc) is 2.49. The van der Waals surface area contributed by atoms with Crippen molar-refractivity contribution in [2.24, 2.45) is 0 Å². The van der Waals surface area contributed by atoms with Gasteiger partial charge in [-0.25, -0.2) is 0 Å². The molecule has 0 saturated carbocycles. The van der Waals surface area contributed by atoms with Gasteiger partial charge in [0.15, 0.2) is 0 Å². The first kappa shape index (κ1) is 14.6. The molecule has 20 heavy (non-hydrogen) atoms. The molecule has 0 aliphatic rings. The van der Waals surface area contributed by atoms with Crippen molar-refractivity contribution in [2.45, 2.75) is 26.8 Å². The van der Waals surface area contributed by atoms with Crippen molar-refractivity contribution < 1.29 is 5.11 Å². The van der Waals surface area contributed by atoms with Crippen LogP contribution in [0.2, 0.25) is 0 Å². The van der Waals surface area contributed by atoms with E-state index < -0.39 is 0 Å². The van der Waals surface area contributed by atoms with E-state index in [1.165, 1.54) is 11.1 Å². The Morgan fingerprint density at radius 1 is 0.900 bits per heavy atom. The molecule has 2 rings (SSSR count). The van der Waals surface area contributed by atoms with Crippen molar-refractivity contribution in [1.29, 1.82) is 0 Å². The first-order chi connectivity index (χ1) is 9.72. The van der Waals surface area contributed by atoms with Crippen LogP contribution in [-0.4, -0.2) is 23.1 Å². The molecule has 0 heterocycles. The van der Waals surface area contributed by atoms with E-state index in [4.69, 9.17) is 0 Å². The van der Waals surface area contributed by atoms with Crippen molar-refractivity contribution in [2.75, 3.05) is 13.1 Å². The highest BCUT2D eigenvalue weighted by Crippen LogP contribution is 2.22. The molecule has 0 radical (unpaired) electrons. The summed E-state index contributed by atoms with van der Waals surface area (Å²) in [6, 6.07) is 16.4. The number of phenols is 1. The molecule has 0 aliphatic carbocycles. The lowest BCUT2D eigenvalue weighted by Crippen LogP contribution is -2.22. The standard InChI is InChI=1S/C18H23NO/c1-3-19(4-2)14-17-13-16(10-11-18(17)20)12-15-8-6-5-7-9-15/h5-11,13,20H,3-4,12,14H2,1-2H3. The van der Waals surface area contributed by atoms with Crippen LogP contribution in [0.1, 0.15) is 30.5 Å². The molecule has 0 aliphatic heterocycles. The van der Waals surface area contributed by atoms with Crippen LogP contribution in [0.15, 0.2) is 48.5 Å². The van der Waals surface area contributed by atoms with Crippen molar-refractivity contribution in [3.63, 3.8) is 0 Å². The summed E-state index contributed by atoms with van der Waals surface area (Å²) in [6.45, 7) is 7.10. The first-order valence-corrected chi connectivity index (χ1v) is 7.30. The molecule has 1 N–H and O–H groups in total. The third-order valence-electron chi connectivity index (χ3n) is 3.68. The fourth-order valence-electron chi connectivity index (χ4n) is 2.40. The number of benzene rings is 2. The molecular formula is C18H23NO. The summed E-state index contributed by atoms with van der Waals surface area (Å²) < 4.78 is 0. The number of hydrogen-bond acceptors (Lipinski definition) is 2. The zero-order chi connectivity index (χ0) is 14.4. The van der Waals surface area contributed by atoms with Gasteiger partial charge in [0.2, 0.25) is 0 Å². The monoisotopic (exact) mass is 269 g/mol. The Kier molecular flexibility index (Phi) is 5.19. The topological polar surface area (TPSA) is 23.5 Å². The summed E-state index contributed by atoms with van der Waals surface area (Å²) in [4.78, 5) is 2.31. The van der Waals surface area contributed by atoms with Crippen LogP contribution in [-0.2, 0) is 13.0 Å². The predicted octanol–water partition coefficient (Wildman–Crippen LogP) is 3.82. The predicted molar refractivity (Wildman–Crippen MR) is 84.0 cm³/mol. The molecule has 2 aromatic rings. The minimum atomic E-state index is 0.397. The quantitative estimate of drug-likeness (QED) is 0.861. The molecule has 0 saturated heterocycles. The van der Waals surface area contributed by atoms with Crippen LogP contribution in [0, 0.1) is 0 Å². The van der Waals surface area contributed by atoms with E-state index in [9.17, 15) is 5.11 Å². The van der Waals surface area contributed by atoms with E-state index >= 15 is 0 Å². The molecule has 0 spiro atoms. The Morgan fingerprint density at radius 2 is 1.60 bits per heavy atom. The second-order valence-corrected chi connectivity index (χ2v) is 5.09. The molecule has 2 nitrogen and oxygen atoms in total. The van der Waals surface area contributed by atoms with Gasteiger partial charge < -0.3 is 5.11 Å². The van der Waals surface area contributed by atoms with E-state index in [0.29, 0.717) is 5.75 Å². The van der Waals surface area contributed by atoms with Crippen molar-refractivity contribution in [3.8, 4) is 5.75 Å². The highest BCUT2D eigenvalue weighted by Gasteiger charge is 2.07. The molecule has 0 unspecified atom stereocenters. The number of hydrogen-bond donors (Lipinski definition) is 1. The van der Waals surface area contributed by atoms with E-state index in [1.807, 2.05) is 18.2 Å². The van der Waals surface area contributed by atoms with Crippen molar-refractivity contribution in [3.05, 3.63) is 65.2 Å². The first-order valence-electron chi connectivity index (χ1n) is 7.30. The minimum Gasteiger partial charge on any atom is -0.508 e. The molecule has 106 valence electrons. The smallest absolute Gasteiger partial charge is 0.120 e. The van der Waals surface area contributed by atoms with Gasteiger partial charge in [-0.1, -0.05) is 56.3 Å². The number of aromatic hydroxyl groups is 1. The average molecular weight is 269 g/mol. The summed E-state index contributed by atoms with van der Waals surface area (Å²) in [7, 11) is 0. The van der Waals surface area contributed by atoms with E-state index in [2.05, 4.69) is 49.1 Å². The SMILES string of the molecule is CCN(CC)Cc1cc(Cc2ccccc2)ccc1O. The lowest BCUT2D eigenvalue weighted by molar-refractivity contribution is 0.290.